The van der Waals surface area contributed by atoms with Crippen molar-refractivity contribution in [2.45, 2.75) is 58.0 Å². The number of methoxy groups -OCH3 is 1. The Bertz CT molecular complexity index is 1270. The Morgan fingerprint density at radius 1 is 1.18 bits per heavy atom. The Morgan fingerprint density at radius 3 is 2.55 bits per heavy atom. The maximum Gasteiger partial charge on any atom is 0.407 e. The summed E-state index contributed by atoms with van der Waals surface area (Å²) in [5.74, 6) is -0.558. The second-order valence-corrected chi connectivity index (χ2v) is 11.2. The van der Waals surface area contributed by atoms with Crippen LogP contribution in [-0.2, 0) is 32.7 Å². The third-order valence-corrected chi connectivity index (χ3v) is 7.58. The molecule has 1 unspecified atom stereocenters. The van der Waals surface area contributed by atoms with E-state index < -0.39 is 28.5 Å². The summed E-state index contributed by atoms with van der Waals surface area (Å²) in [5, 5.41) is 8.44. The Kier molecular flexibility index (Phi) is 10.5. The number of carbonyl (C=O) groups excluding carboxylic acids is 2. The molecule has 0 fully saturated rings. The molecule has 10 nitrogen and oxygen atoms in total. The highest BCUT2D eigenvalue weighted by atomic mass is 32.2. The van der Waals surface area contributed by atoms with Crippen LogP contribution in [0.3, 0.4) is 0 Å². The number of amides is 2. The van der Waals surface area contributed by atoms with Gasteiger partial charge in [0.1, 0.15) is 11.0 Å². The topological polar surface area (TPSA) is 147 Å². The predicted octanol–water partition coefficient (Wildman–Crippen LogP) is 3.85. The smallest absolute Gasteiger partial charge is 0.407 e. The Balaban J connectivity index is 1.85. The Labute approximate surface area is 227 Å². The lowest BCUT2D eigenvalue weighted by Gasteiger charge is -2.26. The van der Waals surface area contributed by atoms with Crippen LogP contribution in [0, 0.1) is 5.92 Å². The molecule has 1 aromatic carbocycles. The number of alkyl carbamates (subject to hydrolysis) is 1. The van der Waals surface area contributed by atoms with Gasteiger partial charge in [-0.3, -0.25) is 14.1 Å². The summed E-state index contributed by atoms with van der Waals surface area (Å²) < 4.78 is 38.5. The standard InChI is InChI=1S/C26H34N4O6S2/c1-4-8-20-16-37-25(27-20)23(15-19-11-12-21(17(2)13-19)30-38(33,34)35)28-24(31)22(29-26(32)36-3)14-18-9-6-5-7-10-18/h5-7,9-12,16-17,22-23,30H,4,8,13-15H2,1-3H3,(H,28,31)(H,29,32)(H,33,34,35)/t17?,22-,23-/m0/s1. The first-order valence-corrected chi connectivity index (χ1v) is 14.7. The minimum Gasteiger partial charge on any atom is -0.453 e. The number of aromatic nitrogens is 1. The SMILES string of the molecule is CCCc1csc([C@H](CC2=CC=C(NS(=O)(=O)O)C(C)C2)NC(=O)[C@H](Cc2ccccc2)NC(=O)OC)n1. The molecular weight excluding hydrogens is 528 g/mol. The van der Waals surface area contributed by atoms with Gasteiger partial charge in [-0.2, -0.15) is 8.42 Å². The molecule has 3 atom stereocenters. The number of nitrogens with one attached hydrogen (secondary N) is 3. The highest BCUT2D eigenvalue weighted by Gasteiger charge is 2.28. The van der Waals surface area contributed by atoms with Gasteiger partial charge in [-0.15, -0.1) is 11.3 Å². The first kappa shape index (κ1) is 29.3. The van der Waals surface area contributed by atoms with Crippen LogP contribution in [0.15, 0.2) is 59.1 Å². The molecule has 1 aromatic heterocycles. The van der Waals surface area contributed by atoms with Crippen molar-refractivity contribution < 1.29 is 27.3 Å². The average molecular weight is 563 g/mol. The summed E-state index contributed by atoms with van der Waals surface area (Å²) in [5.41, 5.74) is 3.21. The van der Waals surface area contributed by atoms with Gasteiger partial charge in [0.25, 0.3) is 0 Å². The molecule has 12 heteroatoms. The van der Waals surface area contributed by atoms with Crippen molar-refractivity contribution >= 4 is 33.6 Å². The molecule has 1 aliphatic rings. The zero-order valence-corrected chi connectivity index (χ0v) is 23.3. The lowest BCUT2D eigenvalue weighted by Crippen LogP contribution is -2.49. The van der Waals surface area contributed by atoms with Crippen LogP contribution >= 0.6 is 11.3 Å². The second-order valence-electron chi connectivity index (χ2n) is 9.20. The summed E-state index contributed by atoms with van der Waals surface area (Å²) >= 11 is 1.47. The fourth-order valence-corrected chi connectivity index (χ4v) is 5.70. The minimum absolute atomic E-state index is 0.188. The van der Waals surface area contributed by atoms with Crippen LogP contribution in [0.5, 0.6) is 0 Å². The molecule has 1 aliphatic carbocycles. The van der Waals surface area contributed by atoms with Gasteiger partial charge >= 0.3 is 16.4 Å². The van der Waals surface area contributed by atoms with Gasteiger partial charge in [0.15, 0.2) is 0 Å². The number of carbonyl (C=O) groups is 2. The Morgan fingerprint density at radius 2 is 1.92 bits per heavy atom. The number of ether oxygens (including phenoxy) is 1. The van der Waals surface area contributed by atoms with E-state index in [-0.39, 0.29) is 18.2 Å². The van der Waals surface area contributed by atoms with Crippen molar-refractivity contribution in [3.05, 3.63) is 75.4 Å². The van der Waals surface area contributed by atoms with E-state index in [9.17, 15) is 18.0 Å². The van der Waals surface area contributed by atoms with E-state index in [1.807, 2.05) is 42.6 Å². The molecule has 0 aliphatic heterocycles. The quantitative estimate of drug-likeness (QED) is 0.287. The largest absolute Gasteiger partial charge is 0.453 e. The summed E-state index contributed by atoms with van der Waals surface area (Å²) in [4.78, 5) is 30.3. The van der Waals surface area contributed by atoms with Crippen LogP contribution in [0.25, 0.3) is 0 Å². The number of allylic oxidation sites excluding steroid dienone is 3. The van der Waals surface area contributed by atoms with Crippen LogP contribution in [0.4, 0.5) is 4.79 Å². The van der Waals surface area contributed by atoms with Gasteiger partial charge in [0.2, 0.25) is 5.91 Å². The number of hydrogen-bond donors (Lipinski definition) is 4. The van der Waals surface area contributed by atoms with Crippen molar-refractivity contribution in [3.8, 4) is 0 Å². The molecule has 1 heterocycles. The molecule has 4 N–H and O–H groups in total. The third-order valence-electron chi connectivity index (χ3n) is 6.08. The van der Waals surface area contributed by atoms with E-state index >= 15 is 0 Å². The zero-order valence-electron chi connectivity index (χ0n) is 21.6. The second kappa shape index (κ2) is 13.5. The van der Waals surface area contributed by atoms with Crippen molar-refractivity contribution in [2.24, 2.45) is 5.92 Å². The predicted molar refractivity (Wildman–Crippen MR) is 146 cm³/mol. The van der Waals surface area contributed by atoms with Crippen molar-refractivity contribution in [1.82, 2.24) is 20.3 Å². The maximum atomic E-state index is 13.5. The van der Waals surface area contributed by atoms with Crippen molar-refractivity contribution in [1.29, 1.82) is 0 Å². The average Bonchev–Trinajstić information content (AvgIpc) is 3.33. The number of rotatable bonds is 12. The normalized spacial score (nSPS) is 17.0. The molecule has 3 rings (SSSR count). The van der Waals surface area contributed by atoms with Crippen LogP contribution in [-0.4, -0.2) is 43.1 Å². The number of thiazole rings is 1. The molecule has 0 saturated carbocycles. The van der Waals surface area contributed by atoms with Crippen LogP contribution in [0.1, 0.15) is 55.4 Å². The first-order chi connectivity index (χ1) is 18.1. The molecule has 0 spiro atoms. The number of benzene rings is 1. The molecule has 0 radical (unpaired) electrons. The fraction of sp³-hybridized carbons (Fsp3) is 0.423. The minimum atomic E-state index is -4.36. The van der Waals surface area contributed by atoms with E-state index in [1.54, 1.807) is 12.2 Å². The monoisotopic (exact) mass is 562 g/mol. The molecule has 2 aromatic rings. The van der Waals surface area contributed by atoms with Gasteiger partial charge in [0, 0.05) is 23.4 Å². The van der Waals surface area contributed by atoms with E-state index in [4.69, 9.17) is 14.3 Å². The van der Waals surface area contributed by atoms with Crippen LogP contribution in [0.2, 0.25) is 0 Å². The number of nitrogens with zero attached hydrogens (tertiary/aromatic N) is 1. The van der Waals surface area contributed by atoms with Gasteiger partial charge < -0.3 is 15.4 Å². The Hall–Kier alpha value is -3.22. The molecule has 0 saturated heterocycles. The highest BCUT2D eigenvalue weighted by Crippen LogP contribution is 2.32. The lowest BCUT2D eigenvalue weighted by atomic mass is 9.89. The summed E-state index contributed by atoms with van der Waals surface area (Å²) in [6, 6.07) is 8.05. The molecule has 38 heavy (non-hydrogen) atoms. The molecule has 206 valence electrons. The lowest BCUT2D eigenvalue weighted by molar-refractivity contribution is -0.123. The number of aryl methyl sites for hydroxylation is 1. The van der Waals surface area contributed by atoms with Crippen LogP contribution < -0.4 is 15.4 Å². The van der Waals surface area contributed by atoms with Gasteiger partial charge in [0.05, 0.1) is 18.8 Å². The van der Waals surface area contributed by atoms with Gasteiger partial charge in [-0.25, -0.2) is 9.78 Å². The summed E-state index contributed by atoms with van der Waals surface area (Å²) in [6.07, 6.45) is 5.73. The fourth-order valence-electron chi connectivity index (χ4n) is 4.23. The zero-order chi connectivity index (χ0) is 27.7. The van der Waals surface area contributed by atoms with Gasteiger partial charge in [-0.05, 0) is 30.9 Å². The highest BCUT2D eigenvalue weighted by molar-refractivity contribution is 7.83. The van der Waals surface area contributed by atoms with E-state index in [0.29, 0.717) is 18.5 Å². The molecule has 0 bridgehead atoms. The van der Waals surface area contributed by atoms with Gasteiger partial charge in [-0.1, -0.05) is 62.2 Å². The first-order valence-electron chi connectivity index (χ1n) is 12.4. The molecule has 2 amide bonds. The van der Waals surface area contributed by atoms with Crippen molar-refractivity contribution in [3.63, 3.8) is 0 Å². The molecular formula is C26H34N4O6S2. The van der Waals surface area contributed by atoms with E-state index in [2.05, 4.69) is 22.3 Å². The van der Waals surface area contributed by atoms with E-state index in [0.717, 1.165) is 34.7 Å². The van der Waals surface area contributed by atoms with Crippen molar-refractivity contribution in [2.75, 3.05) is 7.11 Å². The summed E-state index contributed by atoms with van der Waals surface area (Å²) in [6.45, 7) is 3.92. The summed E-state index contributed by atoms with van der Waals surface area (Å²) in [7, 11) is -3.12. The maximum absolute atomic E-state index is 13.5. The van der Waals surface area contributed by atoms with E-state index in [1.165, 1.54) is 18.4 Å². The third kappa shape index (κ3) is 8.96. The number of hydrogen-bond acceptors (Lipinski definition) is 7.